The summed E-state index contributed by atoms with van der Waals surface area (Å²) in [6.45, 7) is 2.23. The molecule has 9 heteroatoms. The SMILES string of the molecule is C[C@@H](Sc1nsc2ccc(Cl)cc12)[C@](O)(Cn1cncn1)c1ccc(Cl)cc1. The molecule has 0 spiro atoms. The van der Waals surface area contributed by atoms with Crippen LogP contribution in [-0.2, 0) is 12.1 Å². The first-order valence-corrected chi connectivity index (χ1v) is 10.9. The molecule has 5 nitrogen and oxygen atoms in total. The maximum absolute atomic E-state index is 11.7. The molecule has 2 aromatic heterocycles. The van der Waals surface area contributed by atoms with Crippen molar-refractivity contribution in [2.75, 3.05) is 0 Å². The van der Waals surface area contributed by atoms with Gasteiger partial charge in [-0.05, 0) is 54.4 Å². The second kappa shape index (κ2) is 8.00. The zero-order valence-electron chi connectivity index (χ0n) is 14.8. The molecule has 144 valence electrons. The lowest BCUT2D eigenvalue weighted by Gasteiger charge is -2.34. The summed E-state index contributed by atoms with van der Waals surface area (Å²) in [7, 11) is 0. The van der Waals surface area contributed by atoms with Crippen LogP contribution in [0.25, 0.3) is 10.1 Å². The highest BCUT2D eigenvalue weighted by Gasteiger charge is 2.38. The van der Waals surface area contributed by atoms with Gasteiger partial charge in [-0.1, -0.05) is 47.1 Å². The van der Waals surface area contributed by atoms with Crippen LogP contribution in [0.2, 0.25) is 10.0 Å². The van der Waals surface area contributed by atoms with Crippen LogP contribution in [0.3, 0.4) is 0 Å². The van der Waals surface area contributed by atoms with Gasteiger partial charge < -0.3 is 5.11 Å². The summed E-state index contributed by atoms with van der Waals surface area (Å²) >= 11 is 15.1. The molecular weight excluding hydrogens is 435 g/mol. The number of halogens is 2. The van der Waals surface area contributed by atoms with Crippen molar-refractivity contribution < 1.29 is 5.11 Å². The van der Waals surface area contributed by atoms with Gasteiger partial charge in [-0.3, -0.25) is 0 Å². The highest BCUT2D eigenvalue weighted by molar-refractivity contribution is 8.00. The molecule has 2 aromatic carbocycles. The van der Waals surface area contributed by atoms with Gasteiger partial charge in [-0.25, -0.2) is 9.67 Å². The second-order valence-electron chi connectivity index (χ2n) is 6.41. The van der Waals surface area contributed by atoms with E-state index in [1.807, 2.05) is 37.3 Å². The average Bonchev–Trinajstić information content (AvgIpc) is 3.32. The van der Waals surface area contributed by atoms with Gasteiger partial charge in [0.2, 0.25) is 0 Å². The van der Waals surface area contributed by atoms with Crippen LogP contribution < -0.4 is 0 Å². The molecule has 0 fully saturated rings. The number of rotatable bonds is 6. The Morgan fingerprint density at radius 2 is 1.93 bits per heavy atom. The minimum Gasteiger partial charge on any atom is -0.382 e. The topological polar surface area (TPSA) is 63.8 Å². The first kappa shape index (κ1) is 19.7. The minimum atomic E-state index is -1.21. The number of thioether (sulfide) groups is 1. The summed E-state index contributed by atoms with van der Waals surface area (Å²) < 4.78 is 7.26. The van der Waals surface area contributed by atoms with E-state index in [0.717, 1.165) is 20.7 Å². The van der Waals surface area contributed by atoms with E-state index in [4.69, 9.17) is 23.2 Å². The third-order valence-corrected chi connectivity index (χ3v) is 7.28. The van der Waals surface area contributed by atoms with E-state index < -0.39 is 5.60 Å². The summed E-state index contributed by atoms with van der Waals surface area (Å²) in [5.41, 5.74) is -0.456. The highest BCUT2D eigenvalue weighted by atomic mass is 35.5. The van der Waals surface area contributed by atoms with Crippen LogP contribution >= 0.6 is 46.5 Å². The van der Waals surface area contributed by atoms with Gasteiger partial charge in [0.15, 0.2) is 0 Å². The zero-order chi connectivity index (χ0) is 19.7. The molecule has 0 bridgehead atoms. The Bertz CT molecular complexity index is 1090. The van der Waals surface area contributed by atoms with Gasteiger partial charge in [0.1, 0.15) is 23.3 Å². The Balaban J connectivity index is 1.70. The molecule has 28 heavy (non-hydrogen) atoms. The van der Waals surface area contributed by atoms with E-state index in [2.05, 4.69) is 14.5 Å². The number of fused-ring (bicyclic) bond motifs is 1. The molecule has 0 aliphatic carbocycles. The minimum absolute atomic E-state index is 0.234. The van der Waals surface area contributed by atoms with E-state index in [9.17, 15) is 5.11 Å². The van der Waals surface area contributed by atoms with Gasteiger partial charge in [-0.2, -0.15) is 9.47 Å². The Morgan fingerprint density at radius 3 is 2.64 bits per heavy atom. The van der Waals surface area contributed by atoms with Crippen LogP contribution in [0.5, 0.6) is 0 Å². The molecule has 4 aromatic rings. The van der Waals surface area contributed by atoms with Crippen LogP contribution in [0.1, 0.15) is 12.5 Å². The molecule has 0 aliphatic heterocycles. The Kier molecular flexibility index (Phi) is 5.62. The third-order valence-electron chi connectivity index (χ3n) is 4.57. The Hall–Kier alpha value is -1.64. The van der Waals surface area contributed by atoms with Gasteiger partial charge in [0, 0.05) is 20.7 Å². The van der Waals surface area contributed by atoms with Crippen molar-refractivity contribution in [1.82, 2.24) is 19.1 Å². The molecule has 2 heterocycles. The number of hydrogen-bond acceptors (Lipinski definition) is 6. The van der Waals surface area contributed by atoms with Crippen molar-refractivity contribution >= 4 is 56.6 Å². The van der Waals surface area contributed by atoms with Crippen molar-refractivity contribution in [2.45, 2.75) is 29.3 Å². The quantitative estimate of drug-likeness (QED) is 0.405. The number of hydrogen-bond donors (Lipinski definition) is 1. The first-order chi connectivity index (χ1) is 13.5. The molecule has 0 aliphatic rings. The maximum Gasteiger partial charge on any atom is 0.137 e. The van der Waals surface area contributed by atoms with E-state index in [1.54, 1.807) is 23.1 Å². The number of nitrogens with zero attached hydrogens (tertiary/aromatic N) is 4. The molecular formula is C19H16Cl2N4OS2. The molecule has 1 N–H and O–H groups in total. The number of aromatic nitrogens is 4. The summed E-state index contributed by atoms with van der Waals surface area (Å²) in [5, 5.41) is 18.8. The standard InChI is InChI=1S/C19H16Cl2N4OS2/c1-12(27-18-16-8-15(21)6-7-17(16)28-24-18)19(26,9-25-11-22-10-23-25)13-2-4-14(20)5-3-13/h2-8,10-12,26H,9H2,1H3/t12-,19-/m1/s1. The molecule has 0 saturated heterocycles. The molecule has 0 amide bonds. The molecule has 4 rings (SSSR count). The molecule has 0 unspecified atom stereocenters. The van der Waals surface area contributed by atoms with Crippen molar-refractivity contribution in [1.29, 1.82) is 0 Å². The van der Waals surface area contributed by atoms with E-state index in [-0.39, 0.29) is 11.8 Å². The largest absolute Gasteiger partial charge is 0.382 e. The first-order valence-electron chi connectivity index (χ1n) is 8.48. The van der Waals surface area contributed by atoms with Crippen LogP contribution in [0.4, 0.5) is 0 Å². The zero-order valence-corrected chi connectivity index (χ0v) is 17.9. The smallest absolute Gasteiger partial charge is 0.137 e. The van der Waals surface area contributed by atoms with E-state index >= 15 is 0 Å². The summed E-state index contributed by atoms with van der Waals surface area (Å²) in [4.78, 5) is 3.99. The van der Waals surface area contributed by atoms with Gasteiger partial charge >= 0.3 is 0 Å². The van der Waals surface area contributed by atoms with E-state index in [0.29, 0.717) is 10.0 Å². The monoisotopic (exact) mass is 450 g/mol. The van der Waals surface area contributed by atoms with Crippen molar-refractivity contribution in [3.05, 3.63) is 70.7 Å². The van der Waals surface area contributed by atoms with Crippen LogP contribution in [0.15, 0.2) is 60.1 Å². The fourth-order valence-electron chi connectivity index (χ4n) is 2.99. The third kappa shape index (κ3) is 3.90. The second-order valence-corrected chi connectivity index (χ2v) is 9.42. The fourth-order valence-corrected chi connectivity index (χ4v) is 5.34. The normalized spacial score (nSPS) is 14.9. The summed E-state index contributed by atoms with van der Waals surface area (Å²) in [5.74, 6) is 0. The lowest BCUT2D eigenvalue weighted by Crippen LogP contribution is -2.40. The van der Waals surface area contributed by atoms with Crippen LogP contribution in [-0.4, -0.2) is 29.5 Å². The number of benzene rings is 2. The molecule has 0 radical (unpaired) electrons. The van der Waals surface area contributed by atoms with Crippen molar-refractivity contribution in [3.63, 3.8) is 0 Å². The lowest BCUT2D eigenvalue weighted by atomic mass is 9.90. The molecule has 0 saturated carbocycles. The van der Waals surface area contributed by atoms with Gasteiger partial charge in [0.25, 0.3) is 0 Å². The predicted octanol–water partition coefficient (Wildman–Crippen LogP) is 5.26. The average molecular weight is 451 g/mol. The van der Waals surface area contributed by atoms with Gasteiger partial charge in [-0.15, -0.1) is 0 Å². The fraction of sp³-hybridized carbons (Fsp3) is 0.211. The van der Waals surface area contributed by atoms with Crippen molar-refractivity contribution in [2.24, 2.45) is 0 Å². The van der Waals surface area contributed by atoms with Crippen molar-refractivity contribution in [3.8, 4) is 0 Å². The number of aliphatic hydroxyl groups is 1. The maximum atomic E-state index is 11.7. The molecule has 2 atom stereocenters. The summed E-state index contributed by atoms with van der Waals surface area (Å²) in [6.07, 6.45) is 3.05. The van der Waals surface area contributed by atoms with Crippen LogP contribution in [0, 0.1) is 0 Å². The van der Waals surface area contributed by atoms with Gasteiger partial charge in [0.05, 0.1) is 11.2 Å². The lowest BCUT2D eigenvalue weighted by molar-refractivity contribution is 0.0167. The Morgan fingerprint density at radius 1 is 1.18 bits per heavy atom. The summed E-state index contributed by atoms with van der Waals surface area (Å²) in [6, 6.07) is 13.0. The Labute approximate surface area is 180 Å². The van der Waals surface area contributed by atoms with E-state index in [1.165, 1.54) is 29.6 Å². The predicted molar refractivity (Wildman–Crippen MR) is 115 cm³/mol. The highest BCUT2D eigenvalue weighted by Crippen LogP contribution is 2.41.